The molecule has 0 atom stereocenters. The van der Waals surface area contributed by atoms with E-state index in [1.165, 1.54) is 0 Å². The molecule has 0 aliphatic heterocycles. The van der Waals surface area contributed by atoms with Gasteiger partial charge in [0.15, 0.2) is 0 Å². The van der Waals surface area contributed by atoms with E-state index in [-0.39, 0.29) is 11.9 Å². The molecule has 82 valence electrons. The highest BCUT2D eigenvalue weighted by Gasteiger charge is 2.12. The van der Waals surface area contributed by atoms with Crippen LogP contribution in [0.5, 0.6) is 0 Å². The lowest BCUT2D eigenvalue weighted by atomic mass is 10.3. The minimum absolute atomic E-state index is 0.155. The topological polar surface area (TPSA) is 46.9 Å². The first-order valence-corrected chi connectivity index (χ1v) is 5.01. The number of nitrogens with zero attached hydrogens (tertiary/aromatic N) is 2. The summed E-state index contributed by atoms with van der Waals surface area (Å²) in [7, 11) is 0. The van der Waals surface area contributed by atoms with Crippen molar-refractivity contribution < 1.29 is 4.79 Å². The van der Waals surface area contributed by atoms with E-state index in [9.17, 15) is 4.79 Å². The van der Waals surface area contributed by atoms with Gasteiger partial charge in [0.1, 0.15) is 5.69 Å². The summed E-state index contributed by atoms with van der Waals surface area (Å²) in [6.07, 6.45) is 1.64. The van der Waals surface area contributed by atoms with E-state index in [2.05, 4.69) is 17.0 Å². The van der Waals surface area contributed by atoms with E-state index < -0.39 is 0 Å². The van der Waals surface area contributed by atoms with Crippen molar-refractivity contribution in [1.29, 1.82) is 0 Å². The summed E-state index contributed by atoms with van der Waals surface area (Å²) in [5.74, 6) is -0.155. The Labute approximate surface area is 90.0 Å². The van der Waals surface area contributed by atoms with Gasteiger partial charge in [0.05, 0.1) is 0 Å². The summed E-state index contributed by atoms with van der Waals surface area (Å²) in [5.41, 5.74) is 1.46. The number of rotatable bonds is 4. The highest BCUT2D eigenvalue weighted by molar-refractivity contribution is 5.92. The smallest absolute Gasteiger partial charge is 0.272 e. The van der Waals surface area contributed by atoms with Crippen LogP contribution in [0.1, 0.15) is 36.1 Å². The summed E-state index contributed by atoms with van der Waals surface area (Å²) in [4.78, 5) is 11.6. The monoisotopic (exact) mass is 207 g/mol. The molecule has 0 fully saturated rings. The van der Waals surface area contributed by atoms with Crippen molar-refractivity contribution >= 4 is 5.91 Å². The first-order chi connectivity index (χ1) is 7.06. The summed E-state index contributed by atoms with van der Waals surface area (Å²) in [6, 6.07) is 2.06. The van der Waals surface area contributed by atoms with Crippen molar-refractivity contribution in [3.8, 4) is 0 Å². The molecule has 1 N–H and O–H groups in total. The molecule has 1 aromatic heterocycles. The van der Waals surface area contributed by atoms with Crippen molar-refractivity contribution in [2.24, 2.45) is 0 Å². The largest absolute Gasteiger partial charge is 0.347 e. The Morgan fingerprint density at radius 2 is 2.40 bits per heavy atom. The van der Waals surface area contributed by atoms with Gasteiger partial charge in [0.25, 0.3) is 5.91 Å². The maximum Gasteiger partial charge on any atom is 0.272 e. The zero-order chi connectivity index (χ0) is 11.4. The lowest BCUT2D eigenvalue weighted by Crippen LogP contribution is -2.23. The van der Waals surface area contributed by atoms with E-state index in [1.807, 2.05) is 25.5 Å². The van der Waals surface area contributed by atoms with E-state index in [0.29, 0.717) is 12.2 Å². The van der Waals surface area contributed by atoms with Crippen molar-refractivity contribution in [2.45, 2.75) is 26.8 Å². The Bertz CT molecular complexity index is 366. The maximum atomic E-state index is 11.6. The zero-order valence-electron chi connectivity index (χ0n) is 9.45. The second-order valence-corrected chi connectivity index (χ2v) is 3.71. The quantitative estimate of drug-likeness (QED) is 0.764. The van der Waals surface area contributed by atoms with Crippen LogP contribution in [-0.2, 0) is 0 Å². The number of hydrogen-bond acceptors (Lipinski definition) is 2. The van der Waals surface area contributed by atoms with Gasteiger partial charge in [-0.15, -0.1) is 6.58 Å². The molecular weight excluding hydrogens is 190 g/mol. The third-order valence-electron chi connectivity index (χ3n) is 2.05. The molecule has 0 unspecified atom stereocenters. The molecule has 0 aliphatic rings. The summed E-state index contributed by atoms with van der Waals surface area (Å²) in [5, 5.41) is 6.93. The van der Waals surface area contributed by atoms with Crippen molar-refractivity contribution in [2.75, 3.05) is 6.54 Å². The van der Waals surface area contributed by atoms with Crippen LogP contribution in [0.2, 0.25) is 0 Å². The van der Waals surface area contributed by atoms with E-state index >= 15 is 0 Å². The van der Waals surface area contributed by atoms with Gasteiger partial charge in [0, 0.05) is 18.3 Å². The van der Waals surface area contributed by atoms with Crippen LogP contribution in [0.15, 0.2) is 18.7 Å². The lowest BCUT2D eigenvalue weighted by molar-refractivity contribution is 0.0952. The summed E-state index contributed by atoms with van der Waals surface area (Å²) < 4.78 is 1.84. The number of amides is 1. The fraction of sp³-hybridized carbons (Fsp3) is 0.455. The average Bonchev–Trinajstić information content (AvgIpc) is 2.56. The van der Waals surface area contributed by atoms with Gasteiger partial charge < -0.3 is 5.32 Å². The summed E-state index contributed by atoms with van der Waals surface area (Å²) >= 11 is 0. The van der Waals surface area contributed by atoms with Gasteiger partial charge in [-0.1, -0.05) is 6.08 Å². The van der Waals surface area contributed by atoms with Crippen molar-refractivity contribution in [1.82, 2.24) is 15.1 Å². The fourth-order valence-electron chi connectivity index (χ4n) is 1.38. The molecule has 1 rings (SSSR count). The molecule has 0 spiro atoms. The van der Waals surface area contributed by atoms with Crippen LogP contribution in [0.3, 0.4) is 0 Å². The van der Waals surface area contributed by atoms with Gasteiger partial charge >= 0.3 is 0 Å². The SMILES string of the molecule is C=CCNC(=O)c1cc(C)n(C(C)C)n1. The molecular formula is C11H17N3O. The first-order valence-electron chi connectivity index (χ1n) is 5.01. The van der Waals surface area contributed by atoms with Crippen LogP contribution in [0.4, 0.5) is 0 Å². The number of nitrogens with one attached hydrogen (secondary N) is 1. The zero-order valence-corrected chi connectivity index (χ0v) is 9.45. The first kappa shape index (κ1) is 11.5. The molecule has 0 bridgehead atoms. The molecule has 0 aromatic carbocycles. The van der Waals surface area contributed by atoms with Crippen LogP contribution in [-0.4, -0.2) is 22.2 Å². The van der Waals surface area contributed by atoms with Crippen molar-refractivity contribution in [3.05, 3.63) is 30.1 Å². The fourth-order valence-corrected chi connectivity index (χ4v) is 1.38. The number of aryl methyl sites for hydroxylation is 1. The molecule has 4 nitrogen and oxygen atoms in total. The second-order valence-electron chi connectivity index (χ2n) is 3.71. The van der Waals surface area contributed by atoms with Crippen LogP contribution in [0, 0.1) is 6.92 Å². The highest BCUT2D eigenvalue weighted by atomic mass is 16.1. The normalized spacial score (nSPS) is 10.4. The van der Waals surface area contributed by atoms with Gasteiger partial charge in [-0.2, -0.15) is 5.10 Å². The maximum absolute atomic E-state index is 11.6. The highest BCUT2D eigenvalue weighted by Crippen LogP contribution is 2.09. The average molecular weight is 207 g/mol. The predicted octanol–water partition coefficient (Wildman–Crippen LogP) is 1.69. The number of aromatic nitrogens is 2. The Balaban J connectivity index is 2.82. The van der Waals surface area contributed by atoms with E-state index in [4.69, 9.17) is 0 Å². The van der Waals surface area contributed by atoms with Gasteiger partial charge in [-0.25, -0.2) is 0 Å². The number of carbonyl (C=O) groups is 1. The minimum atomic E-state index is -0.155. The Morgan fingerprint density at radius 3 is 2.87 bits per heavy atom. The molecule has 1 amide bonds. The Kier molecular flexibility index (Phi) is 3.66. The second kappa shape index (κ2) is 4.77. The Morgan fingerprint density at radius 1 is 1.73 bits per heavy atom. The molecule has 1 aromatic rings. The van der Waals surface area contributed by atoms with E-state index in [1.54, 1.807) is 12.1 Å². The predicted molar refractivity (Wildman–Crippen MR) is 59.9 cm³/mol. The Hall–Kier alpha value is -1.58. The molecule has 15 heavy (non-hydrogen) atoms. The van der Waals surface area contributed by atoms with Crippen LogP contribution < -0.4 is 5.32 Å². The lowest BCUT2D eigenvalue weighted by Gasteiger charge is -2.06. The number of hydrogen-bond donors (Lipinski definition) is 1. The van der Waals surface area contributed by atoms with Crippen molar-refractivity contribution in [3.63, 3.8) is 0 Å². The third kappa shape index (κ3) is 2.68. The third-order valence-corrected chi connectivity index (χ3v) is 2.05. The molecule has 0 saturated carbocycles. The molecule has 1 heterocycles. The molecule has 0 saturated heterocycles. The summed E-state index contributed by atoms with van der Waals surface area (Å²) in [6.45, 7) is 10.0. The molecule has 4 heteroatoms. The number of carbonyl (C=O) groups excluding carboxylic acids is 1. The molecule has 0 radical (unpaired) electrons. The minimum Gasteiger partial charge on any atom is -0.347 e. The van der Waals surface area contributed by atoms with Crippen LogP contribution >= 0.6 is 0 Å². The van der Waals surface area contributed by atoms with Gasteiger partial charge in [0.2, 0.25) is 0 Å². The van der Waals surface area contributed by atoms with Crippen LogP contribution in [0.25, 0.3) is 0 Å². The van der Waals surface area contributed by atoms with Gasteiger partial charge in [-0.05, 0) is 26.8 Å². The standard InChI is InChI=1S/C11H17N3O/c1-5-6-12-11(15)10-7-9(4)14(13-10)8(2)3/h5,7-8H,1,6H2,2-4H3,(H,12,15). The molecule has 0 aliphatic carbocycles. The van der Waals surface area contributed by atoms with Gasteiger partial charge in [-0.3, -0.25) is 9.48 Å². The van der Waals surface area contributed by atoms with E-state index in [0.717, 1.165) is 5.69 Å².